The number of ether oxygens (including phenoxy) is 2. The maximum Gasteiger partial charge on any atom is 0.333 e. The van der Waals surface area contributed by atoms with Crippen molar-refractivity contribution in [3.63, 3.8) is 0 Å². The van der Waals surface area contributed by atoms with Crippen LogP contribution in [0.25, 0.3) is 0 Å². The van der Waals surface area contributed by atoms with E-state index in [0.717, 1.165) is 0 Å². The zero-order chi connectivity index (χ0) is 17.8. The van der Waals surface area contributed by atoms with Crippen molar-refractivity contribution in [2.45, 2.75) is 39.2 Å². The molecule has 1 aliphatic rings. The second-order valence-corrected chi connectivity index (χ2v) is 6.50. The Bertz CT molecular complexity index is 597. The van der Waals surface area contributed by atoms with Crippen molar-refractivity contribution in [2.75, 3.05) is 31.7 Å². The van der Waals surface area contributed by atoms with Crippen LogP contribution in [0, 0.1) is 5.41 Å². The van der Waals surface area contributed by atoms with E-state index in [-0.39, 0.29) is 30.8 Å². The second-order valence-electron chi connectivity index (χ2n) is 6.50. The highest BCUT2D eigenvalue weighted by atomic mass is 35.5. The van der Waals surface area contributed by atoms with Crippen LogP contribution in [-0.4, -0.2) is 48.0 Å². The van der Waals surface area contributed by atoms with Gasteiger partial charge < -0.3 is 20.5 Å². The molecule has 9 heteroatoms. The number of hydrogen-bond acceptors (Lipinski definition) is 6. The van der Waals surface area contributed by atoms with Gasteiger partial charge in [0.25, 0.3) is 0 Å². The van der Waals surface area contributed by atoms with Crippen molar-refractivity contribution in [1.29, 1.82) is 0 Å². The molecule has 142 valence electrons. The molecule has 1 fully saturated rings. The van der Waals surface area contributed by atoms with E-state index in [1.165, 1.54) is 10.9 Å². The van der Waals surface area contributed by atoms with E-state index in [1.54, 1.807) is 27.0 Å². The van der Waals surface area contributed by atoms with Crippen molar-refractivity contribution in [3.05, 3.63) is 12.4 Å². The average Bonchev–Trinajstić information content (AvgIpc) is 3.05. The first-order chi connectivity index (χ1) is 11.4. The van der Waals surface area contributed by atoms with Gasteiger partial charge in [0.15, 0.2) is 5.54 Å². The third-order valence-corrected chi connectivity index (χ3v) is 4.51. The second kappa shape index (κ2) is 8.64. The lowest BCUT2D eigenvalue weighted by molar-refractivity contribution is -0.152. The quantitative estimate of drug-likeness (QED) is 0.726. The van der Waals surface area contributed by atoms with E-state index in [1.807, 2.05) is 0 Å². The van der Waals surface area contributed by atoms with Gasteiger partial charge in [-0.2, -0.15) is 5.10 Å². The van der Waals surface area contributed by atoms with Crippen LogP contribution in [-0.2, 0) is 24.6 Å². The largest absolute Gasteiger partial charge is 0.464 e. The summed E-state index contributed by atoms with van der Waals surface area (Å²) in [5.74, 6) is -0.518. The SMILES string of the molecule is CCOC(=O)C(C)(C)n1cc(NC(=O)C2(CN)CCOCC2)cn1.Cl. The Kier molecular flexibility index (Phi) is 7.40. The zero-order valence-corrected chi connectivity index (χ0v) is 15.7. The van der Waals surface area contributed by atoms with Crippen LogP contribution in [0.5, 0.6) is 0 Å². The van der Waals surface area contributed by atoms with Crippen molar-refractivity contribution in [3.8, 4) is 0 Å². The highest BCUT2D eigenvalue weighted by Crippen LogP contribution is 2.31. The summed E-state index contributed by atoms with van der Waals surface area (Å²) in [4.78, 5) is 24.7. The number of rotatable bonds is 6. The van der Waals surface area contributed by atoms with E-state index in [9.17, 15) is 9.59 Å². The summed E-state index contributed by atoms with van der Waals surface area (Å²) in [6.07, 6.45) is 4.33. The topological polar surface area (TPSA) is 108 Å². The van der Waals surface area contributed by atoms with Gasteiger partial charge in [0.05, 0.1) is 23.9 Å². The first kappa shape index (κ1) is 21.4. The van der Waals surface area contributed by atoms with Gasteiger partial charge in [-0.25, -0.2) is 4.79 Å². The van der Waals surface area contributed by atoms with Gasteiger partial charge in [-0.3, -0.25) is 9.48 Å². The van der Waals surface area contributed by atoms with Crippen LogP contribution in [0.4, 0.5) is 5.69 Å². The van der Waals surface area contributed by atoms with Gasteiger partial charge in [0, 0.05) is 26.0 Å². The van der Waals surface area contributed by atoms with Gasteiger partial charge in [0.2, 0.25) is 5.91 Å². The summed E-state index contributed by atoms with van der Waals surface area (Å²) in [7, 11) is 0. The lowest BCUT2D eigenvalue weighted by Gasteiger charge is -2.34. The van der Waals surface area contributed by atoms with Gasteiger partial charge in [0.1, 0.15) is 0 Å². The standard InChI is InChI=1S/C16H26N4O4.ClH/c1-4-24-14(22)15(2,3)20-10-12(9-18-20)19-13(21)16(11-17)5-7-23-8-6-16;/h9-10H,4-8,11,17H2,1-3H3,(H,19,21);1H. The number of halogens is 1. The minimum absolute atomic E-state index is 0. The first-order valence-corrected chi connectivity index (χ1v) is 8.17. The Hall–Kier alpha value is -1.64. The predicted molar refractivity (Wildman–Crippen MR) is 95.6 cm³/mol. The summed E-state index contributed by atoms with van der Waals surface area (Å²) < 4.78 is 11.9. The molecule has 1 amide bonds. The maximum atomic E-state index is 12.6. The first-order valence-electron chi connectivity index (χ1n) is 8.17. The van der Waals surface area contributed by atoms with Crippen molar-refractivity contribution < 1.29 is 19.1 Å². The molecule has 2 heterocycles. The molecule has 1 aromatic heterocycles. The van der Waals surface area contributed by atoms with E-state index in [2.05, 4.69) is 10.4 Å². The molecule has 0 unspecified atom stereocenters. The summed E-state index contributed by atoms with van der Waals surface area (Å²) >= 11 is 0. The van der Waals surface area contributed by atoms with Crippen molar-refractivity contribution in [1.82, 2.24) is 9.78 Å². The van der Waals surface area contributed by atoms with Crippen LogP contribution in [0.2, 0.25) is 0 Å². The third kappa shape index (κ3) is 4.50. The molecule has 0 radical (unpaired) electrons. The number of anilines is 1. The van der Waals surface area contributed by atoms with Crippen LogP contribution < -0.4 is 11.1 Å². The van der Waals surface area contributed by atoms with Crippen molar-refractivity contribution >= 4 is 30.0 Å². The number of nitrogens with one attached hydrogen (secondary N) is 1. The smallest absolute Gasteiger partial charge is 0.333 e. The monoisotopic (exact) mass is 374 g/mol. The molecular weight excluding hydrogens is 348 g/mol. The molecule has 25 heavy (non-hydrogen) atoms. The number of nitrogens with two attached hydrogens (primary N) is 1. The molecular formula is C16H27ClN4O4. The Morgan fingerprint density at radius 2 is 2.08 bits per heavy atom. The van der Waals surface area contributed by atoms with Crippen LogP contribution in [0.15, 0.2) is 12.4 Å². The minimum atomic E-state index is -0.955. The number of amides is 1. The number of carbonyl (C=O) groups is 2. The Labute approximate surface area is 153 Å². The van der Waals surface area contributed by atoms with Gasteiger partial charge in [-0.1, -0.05) is 0 Å². The lowest BCUT2D eigenvalue weighted by Crippen LogP contribution is -2.46. The fourth-order valence-electron chi connectivity index (χ4n) is 2.64. The molecule has 0 aromatic carbocycles. The molecule has 8 nitrogen and oxygen atoms in total. The van der Waals surface area contributed by atoms with Gasteiger partial charge in [-0.15, -0.1) is 12.4 Å². The molecule has 0 aliphatic carbocycles. The normalized spacial score (nSPS) is 16.6. The van der Waals surface area contributed by atoms with E-state index >= 15 is 0 Å². The summed E-state index contributed by atoms with van der Waals surface area (Å²) in [6.45, 7) is 6.80. The highest BCUT2D eigenvalue weighted by molar-refractivity contribution is 5.95. The lowest BCUT2D eigenvalue weighted by atomic mass is 9.79. The molecule has 1 saturated heterocycles. The number of hydrogen-bond donors (Lipinski definition) is 2. The number of aromatic nitrogens is 2. The Balaban J connectivity index is 0.00000312. The molecule has 1 aliphatic heterocycles. The number of carbonyl (C=O) groups excluding carboxylic acids is 2. The summed E-state index contributed by atoms with van der Waals surface area (Å²) in [5.41, 5.74) is 4.80. The summed E-state index contributed by atoms with van der Waals surface area (Å²) in [6, 6.07) is 0. The van der Waals surface area contributed by atoms with Gasteiger partial charge in [-0.05, 0) is 33.6 Å². The molecule has 0 spiro atoms. The van der Waals surface area contributed by atoms with E-state index < -0.39 is 11.0 Å². The molecule has 0 bridgehead atoms. The van der Waals surface area contributed by atoms with Crippen LogP contribution >= 0.6 is 12.4 Å². The van der Waals surface area contributed by atoms with E-state index in [4.69, 9.17) is 15.2 Å². The van der Waals surface area contributed by atoms with Crippen LogP contribution in [0.1, 0.15) is 33.6 Å². The molecule has 0 saturated carbocycles. The fraction of sp³-hybridized carbons (Fsp3) is 0.688. The third-order valence-electron chi connectivity index (χ3n) is 4.51. The van der Waals surface area contributed by atoms with Crippen LogP contribution in [0.3, 0.4) is 0 Å². The van der Waals surface area contributed by atoms with E-state index in [0.29, 0.717) is 38.3 Å². The highest BCUT2D eigenvalue weighted by Gasteiger charge is 2.39. The Morgan fingerprint density at radius 1 is 1.44 bits per heavy atom. The Morgan fingerprint density at radius 3 is 2.64 bits per heavy atom. The maximum absolute atomic E-state index is 12.6. The minimum Gasteiger partial charge on any atom is -0.464 e. The molecule has 1 aromatic rings. The average molecular weight is 375 g/mol. The molecule has 0 atom stereocenters. The fourth-order valence-corrected chi connectivity index (χ4v) is 2.64. The summed E-state index contributed by atoms with van der Waals surface area (Å²) in [5, 5.41) is 7.04. The zero-order valence-electron chi connectivity index (χ0n) is 14.9. The number of nitrogens with zero attached hydrogens (tertiary/aromatic N) is 2. The van der Waals surface area contributed by atoms with Crippen molar-refractivity contribution in [2.24, 2.45) is 11.1 Å². The van der Waals surface area contributed by atoms with Gasteiger partial charge >= 0.3 is 5.97 Å². The molecule has 3 N–H and O–H groups in total. The molecule has 2 rings (SSSR count). The number of esters is 1. The predicted octanol–water partition coefficient (Wildman–Crippen LogP) is 1.30.